The molecule has 0 spiro atoms. The minimum Gasteiger partial charge on any atom is -0.302 e. The molecule has 1 heterocycles. The molecule has 128 valence electrons. The second-order valence-corrected chi connectivity index (χ2v) is 7.13. The Morgan fingerprint density at radius 3 is 2.44 bits per heavy atom. The Morgan fingerprint density at radius 1 is 1.00 bits per heavy atom. The number of hydrogen-bond acceptors (Lipinski definition) is 3. The summed E-state index contributed by atoms with van der Waals surface area (Å²) in [5, 5.41) is 3.58. The SMILES string of the molecule is CCc1ccc(Cc2cnc(NC(=O)CCc3ccccc3)s2)cc1. The summed E-state index contributed by atoms with van der Waals surface area (Å²) in [5.41, 5.74) is 3.79. The summed E-state index contributed by atoms with van der Waals surface area (Å²) in [6.07, 6.45) is 4.97. The van der Waals surface area contributed by atoms with E-state index in [-0.39, 0.29) is 5.91 Å². The molecule has 0 fully saturated rings. The fraction of sp³-hybridized carbons (Fsp3) is 0.238. The molecule has 0 radical (unpaired) electrons. The molecule has 0 saturated heterocycles. The highest BCUT2D eigenvalue weighted by molar-refractivity contribution is 7.15. The van der Waals surface area contributed by atoms with E-state index in [4.69, 9.17) is 0 Å². The highest BCUT2D eigenvalue weighted by atomic mass is 32.1. The normalized spacial score (nSPS) is 10.6. The van der Waals surface area contributed by atoms with Crippen LogP contribution in [0.5, 0.6) is 0 Å². The zero-order valence-electron chi connectivity index (χ0n) is 14.4. The van der Waals surface area contributed by atoms with Gasteiger partial charge < -0.3 is 5.32 Å². The fourth-order valence-corrected chi connectivity index (χ4v) is 3.49. The lowest BCUT2D eigenvalue weighted by Gasteiger charge is -2.02. The van der Waals surface area contributed by atoms with Crippen molar-refractivity contribution in [3.05, 3.63) is 82.4 Å². The third kappa shape index (κ3) is 5.26. The van der Waals surface area contributed by atoms with Crippen LogP contribution in [0.3, 0.4) is 0 Å². The van der Waals surface area contributed by atoms with Crippen LogP contribution in [-0.2, 0) is 24.1 Å². The van der Waals surface area contributed by atoms with Gasteiger partial charge in [-0.3, -0.25) is 4.79 Å². The molecule has 0 aliphatic carbocycles. The van der Waals surface area contributed by atoms with Crippen molar-refractivity contribution < 1.29 is 4.79 Å². The molecule has 25 heavy (non-hydrogen) atoms. The zero-order valence-corrected chi connectivity index (χ0v) is 15.2. The Hall–Kier alpha value is -2.46. The van der Waals surface area contributed by atoms with Crippen LogP contribution >= 0.6 is 11.3 Å². The maximum absolute atomic E-state index is 12.1. The van der Waals surface area contributed by atoms with Crippen LogP contribution in [0, 0.1) is 0 Å². The summed E-state index contributed by atoms with van der Waals surface area (Å²) >= 11 is 1.54. The number of carbonyl (C=O) groups is 1. The number of amides is 1. The van der Waals surface area contributed by atoms with Gasteiger partial charge in [0.15, 0.2) is 5.13 Å². The Kier molecular flexibility index (Phi) is 5.96. The van der Waals surface area contributed by atoms with Gasteiger partial charge in [0.25, 0.3) is 0 Å². The monoisotopic (exact) mass is 350 g/mol. The second kappa shape index (κ2) is 8.58. The van der Waals surface area contributed by atoms with Gasteiger partial charge in [0.1, 0.15) is 0 Å². The van der Waals surface area contributed by atoms with E-state index in [0.29, 0.717) is 11.6 Å². The van der Waals surface area contributed by atoms with Crippen LogP contribution in [-0.4, -0.2) is 10.9 Å². The maximum Gasteiger partial charge on any atom is 0.226 e. The van der Waals surface area contributed by atoms with Crippen LogP contribution in [0.25, 0.3) is 0 Å². The van der Waals surface area contributed by atoms with Crippen molar-refractivity contribution in [3.8, 4) is 0 Å². The number of benzene rings is 2. The molecular weight excluding hydrogens is 328 g/mol. The van der Waals surface area contributed by atoms with E-state index in [0.717, 1.165) is 24.1 Å². The average molecular weight is 350 g/mol. The molecule has 1 N–H and O–H groups in total. The number of nitrogens with zero attached hydrogens (tertiary/aromatic N) is 1. The summed E-state index contributed by atoms with van der Waals surface area (Å²) in [7, 11) is 0. The first kappa shape index (κ1) is 17.4. The summed E-state index contributed by atoms with van der Waals surface area (Å²) < 4.78 is 0. The van der Waals surface area contributed by atoms with Gasteiger partial charge in [-0.05, 0) is 29.5 Å². The Bertz CT molecular complexity index is 809. The van der Waals surface area contributed by atoms with E-state index in [9.17, 15) is 4.79 Å². The van der Waals surface area contributed by atoms with E-state index >= 15 is 0 Å². The molecule has 0 aliphatic rings. The second-order valence-electron chi connectivity index (χ2n) is 6.01. The van der Waals surface area contributed by atoms with Crippen molar-refractivity contribution in [1.29, 1.82) is 0 Å². The van der Waals surface area contributed by atoms with Gasteiger partial charge in [-0.25, -0.2) is 4.98 Å². The van der Waals surface area contributed by atoms with Gasteiger partial charge in [-0.1, -0.05) is 61.5 Å². The Balaban J connectivity index is 1.51. The van der Waals surface area contributed by atoms with Gasteiger partial charge in [0.05, 0.1) is 0 Å². The van der Waals surface area contributed by atoms with Crippen LogP contribution in [0.15, 0.2) is 60.8 Å². The molecule has 0 atom stereocenters. The van der Waals surface area contributed by atoms with Crippen LogP contribution < -0.4 is 5.32 Å². The highest BCUT2D eigenvalue weighted by Crippen LogP contribution is 2.21. The van der Waals surface area contributed by atoms with Gasteiger partial charge in [0.2, 0.25) is 5.91 Å². The first-order valence-electron chi connectivity index (χ1n) is 8.59. The number of anilines is 1. The molecule has 0 saturated carbocycles. The molecular formula is C21H22N2OS. The molecule has 0 unspecified atom stereocenters. The summed E-state index contributed by atoms with van der Waals surface area (Å²) in [6.45, 7) is 2.16. The Morgan fingerprint density at radius 2 is 1.72 bits per heavy atom. The fourth-order valence-electron chi connectivity index (χ4n) is 2.63. The molecule has 0 aliphatic heterocycles. The molecule has 4 heteroatoms. The van der Waals surface area contributed by atoms with E-state index in [1.54, 1.807) is 11.3 Å². The number of thiazole rings is 1. The summed E-state index contributed by atoms with van der Waals surface area (Å²) in [4.78, 5) is 17.6. The number of rotatable bonds is 7. The van der Waals surface area contributed by atoms with Gasteiger partial charge >= 0.3 is 0 Å². The third-order valence-electron chi connectivity index (χ3n) is 4.09. The Labute approximate surface area is 152 Å². The zero-order chi connectivity index (χ0) is 17.5. The molecule has 3 aromatic rings. The van der Waals surface area contributed by atoms with Crippen molar-refractivity contribution >= 4 is 22.4 Å². The predicted molar refractivity (Wildman–Crippen MR) is 104 cm³/mol. The molecule has 1 amide bonds. The quantitative estimate of drug-likeness (QED) is 0.661. The summed E-state index contributed by atoms with van der Waals surface area (Å²) in [6, 6.07) is 18.7. The smallest absolute Gasteiger partial charge is 0.226 e. The van der Waals surface area contributed by atoms with Gasteiger partial charge in [-0.15, -0.1) is 11.3 Å². The van der Waals surface area contributed by atoms with Crippen molar-refractivity contribution in [1.82, 2.24) is 4.98 Å². The average Bonchev–Trinajstić information content (AvgIpc) is 3.08. The number of nitrogens with one attached hydrogen (secondary N) is 1. The van der Waals surface area contributed by atoms with E-state index in [1.165, 1.54) is 16.7 Å². The third-order valence-corrected chi connectivity index (χ3v) is 5.01. The number of hydrogen-bond donors (Lipinski definition) is 1. The van der Waals surface area contributed by atoms with Crippen LogP contribution in [0.1, 0.15) is 34.9 Å². The molecule has 3 nitrogen and oxygen atoms in total. The predicted octanol–water partition coefficient (Wildman–Crippen LogP) is 4.87. The van der Waals surface area contributed by atoms with Crippen molar-refractivity contribution in [2.24, 2.45) is 0 Å². The minimum atomic E-state index is 0.0112. The molecule has 1 aromatic heterocycles. The molecule has 2 aromatic carbocycles. The standard InChI is InChI=1S/C21H22N2OS/c1-2-16-8-10-18(11-9-16)14-19-15-22-21(25-19)23-20(24)13-12-17-6-4-3-5-7-17/h3-11,15H,2,12-14H2,1H3,(H,22,23,24). The van der Waals surface area contributed by atoms with Crippen LogP contribution in [0.4, 0.5) is 5.13 Å². The van der Waals surface area contributed by atoms with Crippen molar-refractivity contribution in [2.45, 2.75) is 32.6 Å². The van der Waals surface area contributed by atoms with E-state index in [1.807, 2.05) is 36.5 Å². The summed E-state index contributed by atoms with van der Waals surface area (Å²) in [5.74, 6) is 0.0112. The number of carbonyl (C=O) groups excluding carboxylic acids is 1. The van der Waals surface area contributed by atoms with Crippen molar-refractivity contribution in [3.63, 3.8) is 0 Å². The molecule has 0 bridgehead atoms. The lowest BCUT2D eigenvalue weighted by atomic mass is 10.1. The molecule has 3 rings (SSSR count). The van der Waals surface area contributed by atoms with Crippen LogP contribution in [0.2, 0.25) is 0 Å². The minimum absolute atomic E-state index is 0.0112. The lowest BCUT2D eigenvalue weighted by molar-refractivity contribution is -0.116. The highest BCUT2D eigenvalue weighted by Gasteiger charge is 2.08. The van der Waals surface area contributed by atoms with E-state index in [2.05, 4.69) is 41.5 Å². The maximum atomic E-state index is 12.1. The largest absolute Gasteiger partial charge is 0.302 e. The first-order chi connectivity index (χ1) is 12.2. The lowest BCUT2D eigenvalue weighted by Crippen LogP contribution is -2.11. The van der Waals surface area contributed by atoms with Gasteiger partial charge in [0, 0.05) is 23.9 Å². The van der Waals surface area contributed by atoms with Crippen molar-refractivity contribution in [2.75, 3.05) is 5.32 Å². The first-order valence-corrected chi connectivity index (χ1v) is 9.41. The number of aromatic nitrogens is 1. The van der Waals surface area contributed by atoms with E-state index < -0.39 is 0 Å². The van der Waals surface area contributed by atoms with Gasteiger partial charge in [-0.2, -0.15) is 0 Å². The number of aryl methyl sites for hydroxylation is 2. The topological polar surface area (TPSA) is 42.0 Å².